The number of benzene rings is 1. The summed E-state index contributed by atoms with van der Waals surface area (Å²) in [5.74, 6) is 0.583. The molecule has 0 saturated carbocycles. The summed E-state index contributed by atoms with van der Waals surface area (Å²) >= 11 is 0. The van der Waals surface area contributed by atoms with Crippen LogP contribution in [0.3, 0.4) is 0 Å². The SMILES string of the molecule is CCCC(NC(=O)Oc1ccc2c(c1)OCO2)C(=O)N1CCC2C1C(=O)CN2C(=O)Cc1cccnc1. The molecule has 2 aromatic rings. The minimum atomic E-state index is -0.863. The van der Waals surface area contributed by atoms with E-state index in [0.717, 1.165) is 5.56 Å². The molecule has 37 heavy (non-hydrogen) atoms. The van der Waals surface area contributed by atoms with E-state index in [4.69, 9.17) is 14.2 Å². The van der Waals surface area contributed by atoms with Crippen molar-refractivity contribution in [1.29, 1.82) is 0 Å². The van der Waals surface area contributed by atoms with Gasteiger partial charge in [-0.2, -0.15) is 0 Å². The third kappa shape index (κ3) is 5.07. The highest BCUT2D eigenvalue weighted by molar-refractivity contribution is 5.99. The topological polar surface area (TPSA) is 127 Å². The number of ketones is 1. The van der Waals surface area contributed by atoms with Crippen LogP contribution in [0.4, 0.5) is 4.79 Å². The number of aromatic nitrogens is 1. The third-order valence-electron chi connectivity index (χ3n) is 6.83. The number of hydrogen-bond acceptors (Lipinski definition) is 8. The second kappa shape index (κ2) is 10.5. The van der Waals surface area contributed by atoms with Crippen molar-refractivity contribution in [2.45, 2.75) is 50.7 Å². The summed E-state index contributed by atoms with van der Waals surface area (Å²) in [6, 6.07) is 6.37. The number of fused-ring (bicyclic) bond motifs is 2. The highest BCUT2D eigenvalue weighted by Crippen LogP contribution is 2.35. The Bertz CT molecular complexity index is 1200. The van der Waals surface area contributed by atoms with Crippen LogP contribution in [-0.4, -0.2) is 76.5 Å². The molecule has 2 fully saturated rings. The van der Waals surface area contributed by atoms with E-state index in [-0.39, 0.29) is 49.1 Å². The standard InChI is InChI=1S/C26H28N4O7/c1-2-4-18(28-26(34)37-17-6-7-21-22(12-17)36-15-35-21)25(33)29-10-8-19-24(29)20(31)14-30(19)23(32)11-16-5-3-9-27-13-16/h3,5-7,9,12-13,18-19,24H,2,4,8,10-11,14-15H2,1H3,(H,28,34). The number of nitrogens with zero attached hydrogens (tertiary/aromatic N) is 3. The predicted molar refractivity (Wildman–Crippen MR) is 129 cm³/mol. The molecular formula is C26H28N4O7. The maximum Gasteiger partial charge on any atom is 0.413 e. The molecule has 11 heteroatoms. The van der Waals surface area contributed by atoms with Gasteiger partial charge in [0.1, 0.15) is 17.8 Å². The largest absolute Gasteiger partial charge is 0.454 e. The maximum absolute atomic E-state index is 13.5. The number of ether oxygens (including phenoxy) is 3. The molecule has 3 atom stereocenters. The van der Waals surface area contributed by atoms with Crippen molar-refractivity contribution in [3.8, 4) is 17.2 Å². The molecule has 1 N–H and O–H groups in total. The van der Waals surface area contributed by atoms with Crippen LogP contribution in [0.1, 0.15) is 31.7 Å². The van der Waals surface area contributed by atoms with Gasteiger partial charge in [-0.3, -0.25) is 19.4 Å². The van der Waals surface area contributed by atoms with Crippen molar-refractivity contribution in [1.82, 2.24) is 20.1 Å². The number of carbonyl (C=O) groups excluding carboxylic acids is 4. The first-order valence-corrected chi connectivity index (χ1v) is 12.3. The lowest BCUT2D eigenvalue weighted by Gasteiger charge is -2.28. The lowest BCUT2D eigenvalue weighted by molar-refractivity contribution is -0.138. The Morgan fingerprint density at radius 2 is 2.03 bits per heavy atom. The van der Waals surface area contributed by atoms with Gasteiger partial charge in [0.25, 0.3) is 0 Å². The van der Waals surface area contributed by atoms with Gasteiger partial charge in [0.15, 0.2) is 17.3 Å². The summed E-state index contributed by atoms with van der Waals surface area (Å²) in [6.45, 7) is 2.30. The molecule has 0 aliphatic carbocycles. The molecule has 3 unspecified atom stereocenters. The maximum atomic E-state index is 13.5. The molecule has 3 amide bonds. The minimum absolute atomic E-state index is 0.0315. The number of Topliss-reactive ketones (excluding diaryl/α,β-unsaturated/α-hetero) is 1. The van der Waals surface area contributed by atoms with E-state index in [1.165, 1.54) is 11.0 Å². The summed E-state index contributed by atoms with van der Waals surface area (Å²) in [6.07, 6.45) is 4.13. The molecule has 194 valence electrons. The zero-order valence-electron chi connectivity index (χ0n) is 20.4. The van der Waals surface area contributed by atoms with E-state index in [1.54, 1.807) is 35.5 Å². The Labute approximate surface area is 213 Å². The number of carbonyl (C=O) groups is 4. The van der Waals surface area contributed by atoms with Crippen molar-refractivity contribution >= 4 is 23.7 Å². The van der Waals surface area contributed by atoms with E-state index in [2.05, 4.69) is 10.3 Å². The highest BCUT2D eigenvalue weighted by Gasteiger charge is 2.52. The van der Waals surface area contributed by atoms with Crippen LogP contribution < -0.4 is 19.5 Å². The molecule has 0 radical (unpaired) electrons. The van der Waals surface area contributed by atoms with Crippen LogP contribution in [-0.2, 0) is 20.8 Å². The Morgan fingerprint density at radius 1 is 1.19 bits per heavy atom. The van der Waals surface area contributed by atoms with E-state index in [1.807, 2.05) is 13.0 Å². The lowest BCUT2D eigenvalue weighted by Crippen LogP contribution is -2.53. The van der Waals surface area contributed by atoms with Crippen molar-refractivity contribution in [3.63, 3.8) is 0 Å². The summed E-state index contributed by atoms with van der Waals surface area (Å²) < 4.78 is 15.9. The minimum Gasteiger partial charge on any atom is -0.454 e. The van der Waals surface area contributed by atoms with Crippen LogP contribution >= 0.6 is 0 Å². The van der Waals surface area contributed by atoms with E-state index in [0.29, 0.717) is 37.3 Å². The Morgan fingerprint density at radius 3 is 2.81 bits per heavy atom. The van der Waals surface area contributed by atoms with Crippen molar-refractivity contribution < 1.29 is 33.4 Å². The first-order valence-electron chi connectivity index (χ1n) is 12.3. The number of amides is 3. The Hall–Kier alpha value is -4.15. The second-order valence-electron chi connectivity index (χ2n) is 9.25. The first kappa shape index (κ1) is 24.5. The fraction of sp³-hybridized carbons (Fsp3) is 0.423. The van der Waals surface area contributed by atoms with Crippen molar-refractivity contribution in [2.75, 3.05) is 19.9 Å². The molecule has 11 nitrogen and oxygen atoms in total. The number of rotatable bonds is 7. The van der Waals surface area contributed by atoms with E-state index in [9.17, 15) is 19.2 Å². The quantitative estimate of drug-likeness (QED) is 0.599. The normalized spacial score (nSPS) is 20.5. The Balaban J connectivity index is 1.23. The van der Waals surface area contributed by atoms with Gasteiger partial charge in [0.05, 0.1) is 19.0 Å². The van der Waals surface area contributed by atoms with Gasteiger partial charge in [-0.15, -0.1) is 0 Å². The van der Waals surface area contributed by atoms with Gasteiger partial charge in [-0.25, -0.2) is 4.79 Å². The third-order valence-corrected chi connectivity index (χ3v) is 6.83. The van der Waals surface area contributed by atoms with Gasteiger partial charge < -0.3 is 29.3 Å². The monoisotopic (exact) mass is 508 g/mol. The average molecular weight is 509 g/mol. The molecule has 0 spiro atoms. The molecule has 1 aromatic carbocycles. The van der Waals surface area contributed by atoms with E-state index < -0.39 is 18.2 Å². The summed E-state index contributed by atoms with van der Waals surface area (Å²) in [4.78, 5) is 59.1. The number of pyridine rings is 1. The molecule has 4 heterocycles. The number of likely N-dealkylation sites (tertiary alicyclic amines) is 2. The van der Waals surface area contributed by atoms with E-state index >= 15 is 0 Å². The number of nitrogens with one attached hydrogen (secondary N) is 1. The summed E-state index contributed by atoms with van der Waals surface area (Å²) in [5, 5.41) is 2.65. The zero-order valence-corrected chi connectivity index (χ0v) is 20.4. The lowest BCUT2D eigenvalue weighted by atomic mass is 10.1. The molecule has 1 aromatic heterocycles. The molecule has 5 rings (SSSR count). The molecule has 3 aliphatic heterocycles. The highest BCUT2D eigenvalue weighted by atomic mass is 16.7. The number of hydrogen-bond donors (Lipinski definition) is 1. The first-order chi connectivity index (χ1) is 17.9. The smallest absolute Gasteiger partial charge is 0.413 e. The van der Waals surface area contributed by atoms with Gasteiger partial charge in [0, 0.05) is 25.0 Å². The molecule has 0 bridgehead atoms. The fourth-order valence-electron chi connectivity index (χ4n) is 5.13. The van der Waals surface area contributed by atoms with Gasteiger partial charge in [0.2, 0.25) is 18.6 Å². The van der Waals surface area contributed by atoms with Gasteiger partial charge in [-0.1, -0.05) is 19.4 Å². The van der Waals surface area contributed by atoms with Crippen molar-refractivity contribution in [2.24, 2.45) is 0 Å². The fourth-order valence-corrected chi connectivity index (χ4v) is 5.13. The van der Waals surface area contributed by atoms with Crippen LogP contribution in [0.25, 0.3) is 0 Å². The van der Waals surface area contributed by atoms with Crippen LogP contribution in [0.5, 0.6) is 17.2 Å². The van der Waals surface area contributed by atoms with Crippen LogP contribution in [0.15, 0.2) is 42.7 Å². The summed E-state index contributed by atoms with van der Waals surface area (Å²) in [5.41, 5.74) is 0.766. The van der Waals surface area contributed by atoms with Gasteiger partial charge in [-0.05, 0) is 36.6 Å². The summed E-state index contributed by atoms with van der Waals surface area (Å²) in [7, 11) is 0. The van der Waals surface area contributed by atoms with Crippen molar-refractivity contribution in [3.05, 3.63) is 48.3 Å². The Kier molecular flexibility index (Phi) is 6.93. The average Bonchev–Trinajstić information content (AvgIpc) is 3.61. The van der Waals surface area contributed by atoms with Gasteiger partial charge >= 0.3 is 6.09 Å². The molecular weight excluding hydrogens is 480 g/mol. The molecule has 2 saturated heterocycles. The zero-order chi connectivity index (χ0) is 25.9. The van der Waals surface area contributed by atoms with Crippen LogP contribution in [0.2, 0.25) is 0 Å². The van der Waals surface area contributed by atoms with Crippen LogP contribution in [0, 0.1) is 0 Å². The predicted octanol–water partition coefficient (Wildman–Crippen LogP) is 1.69. The second-order valence-corrected chi connectivity index (χ2v) is 9.25. The molecule has 3 aliphatic rings.